The molecule has 0 aliphatic carbocycles. The SMILES string of the molecule is CC(C)[Si](/C(I)=C/C(F)(F)C(F)(F)C(F)(F)C(F)(F)C(F)(F)C(F)(F)F)(C(C)C)C(C)C. The first-order valence-electron chi connectivity index (χ1n) is 9.05. The molecule has 0 aromatic heterocycles. The molecule has 0 atom stereocenters. The molecule has 0 fully saturated rings. The fourth-order valence-corrected chi connectivity index (χ4v) is 16.1. The monoisotopic (exact) mass is 628 g/mol. The zero-order valence-corrected chi connectivity index (χ0v) is 20.8. The smallest absolute Gasteiger partial charge is 0.195 e. The van der Waals surface area contributed by atoms with E-state index in [1.54, 1.807) is 41.5 Å². The van der Waals surface area contributed by atoms with Crippen LogP contribution < -0.4 is 0 Å². The lowest BCUT2D eigenvalue weighted by atomic mass is 9.94. The Balaban J connectivity index is 6.87. The van der Waals surface area contributed by atoms with Crippen LogP contribution in [-0.4, -0.2) is 43.9 Å². The topological polar surface area (TPSA) is 0 Å². The molecule has 32 heavy (non-hydrogen) atoms. The Morgan fingerprint density at radius 3 is 1.09 bits per heavy atom. The van der Waals surface area contributed by atoms with Gasteiger partial charge in [-0.3, -0.25) is 0 Å². The number of rotatable bonds is 9. The fourth-order valence-electron chi connectivity index (χ4n) is 3.98. The molecule has 0 aromatic carbocycles. The average Bonchev–Trinajstić information content (AvgIpc) is 2.51. The van der Waals surface area contributed by atoms with Crippen molar-refractivity contribution in [3.05, 3.63) is 9.28 Å². The molecule has 0 unspecified atom stereocenters. The first-order chi connectivity index (χ1) is 13.7. The van der Waals surface area contributed by atoms with E-state index < -0.39 is 69.8 Å². The minimum atomic E-state index is -7.88. The van der Waals surface area contributed by atoms with E-state index in [2.05, 4.69) is 0 Å². The lowest BCUT2D eigenvalue weighted by Crippen LogP contribution is -2.69. The molecular weight excluding hydrogens is 606 g/mol. The van der Waals surface area contributed by atoms with Crippen molar-refractivity contribution in [1.82, 2.24) is 0 Å². The van der Waals surface area contributed by atoms with Gasteiger partial charge in [-0.1, -0.05) is 64.1 Å². The van der Waals surface area contributed by atoms with Crippen LogP contribution in [0.5, 0.6) is 0 Å². The maximum Gasteiger partial charge on any atom is 0.460 e. The maximum atomic E-state index is 14.3. The van der Waals surface area contributed by atoms with E-state index in [-0.39, 0.29) is 0 Å². The van der Waals surface area contributed by atoms with Gasteiger partial charge < -0.3 is 0 Å². The van der Waals surface area contributed by atoms with Gasteiger partial charge in [-0.15, -0.1) is 0 Å². The van der Waals surface area contributed by atoms with E-state index in [9.17, 15) is 57.1 Å². The van der Waals surface area contributed by atoms with Gasteiger partial charge in [0.1, 0.15) is 8.07 Å². The van der Waals surface area contributed by atoms with Crippen LogP contribution in [0, 0.1) is 0 Å². The Morgan fingerprint density at radius 1 is 0.562 bits per heavy atom. The minimum Gasteiger partial charge on any atom is -0.195 e. The summed E-state index contributed by atoms with van der Waals surface area (Å²) >= 11 is 1.19. The van der Waals surface area contributed by atoms with Gasteiger partial charge >= 0.3 is 35.8 Å². The standard InChI is InChI=1S/C17H22F13ISi/c1-8(2)32(9(3)4,10(5)6)11(31)7-12(18,19)13(20,21)14(22,23)15(24,25)16(26,27)17(28,29)30/h7-10H,1-6H3/b11-7+. The normalized spacial score (nSPS) is 16.5. The van der Waals surface area contributed by atoms with Gasteiger partial charge in [0.15, 0.2) is 0 Å². The molecule has 0 aliphatic rings. The lowest BCUT2D eigenvalue weighted by Gasteiger charge is -2.44. The molecule has 0 spiro atoms. The summed E-state index contributed by atoms with van der Waals surface area (Å²) in [4.78, 5) is 0. The van der Waals surface area contributed by atoms with Crippen LogP contribution in [-0.2, 0) is 0 Å². The fraction of sp³-hybridized carbons (Fsp3) is 0.882. The molecule has 192 valence electrons. The van der Waals surface area contributed by atoms with Gasteiger partial charge in [0.25, 0.3) is 0 Å². The summed E-state index contributed by atoms with van der Waals surface area (Å²) in [7, 11) is -3.22. The molecule has 15 heteroatoms. The second-order valence-corrected chi connectivity index (χ2v) is 16.4. The molecule has 0 radical (unpaired) electrons. The first kappa shape index (κ1) is 31.8. The zero-order chi connectivity index (χ0) is 26.5. The summed E-state index contributed by atoms with van der Waals surface area (Å²) in [5.74, 6) is -36.8. The summed E-state index contributed by atoms with van der Waals surface area (Å²) < 4.78 is 173. The van der Waals surface area contributed by atoms with E-state index in [1.807, 2.05) is 0 Å². The molecule has 0 N–H and O–H groups in total. The summed E-state index contributed by atoms with van der Waals surface area (Å²) in [6.07, 6.45) is -8.11. The van der Waals surface area contributed by atoms with Gasteiger partial charge in [-0.25, -0.2) is 0 Å². The van der Waals surface area contributed by atoms with Crippen LogP contribution in [0.3, 0.4) is 0 Å². The highest BCUT2D eigenvalue weighted by Gasteiger charge is 2.90. The highest BCUT2D eigenvalue weighted by atomic mass is 127. The predicted molar refractivity (Wildman–Crippen MR) is 104 cm³/mol. The molecule has 0 bridgehead atoms. The molecule has 0 aromatic rings. The molecule has 0 amide bonds. The molecule has 0 nitrogen and oxygen atoms in total. The van der Waals surface area contributed by atoms with Gasteiger partial charge in [-0.05, 0) is 25.9 Å². The van der Waals surface area contributed by atoms with Crippen LogP contribution in [0.15, 0.2) is 9.28 Å². The van der Waals surface area contributed by atoms with Crippen molar-refractivity contribution < 1.29 is 57.1 Å². The Kier molecular flexibility index (Phi) is 9.03. The number of halogens is 14. The van der Waals surface area contributed by atoms with Crippen LogP contribution in [0.25, 0.3) is 0 Å². The zero-order valence-electron chi connectivity index (χ0n) is 17.6. The summed E-state index contributed by atoms with van der Waals surface area (Å²) in [5.41, 5.74) is -1.32. The Hall–Kier alpha value is -0.223. The van der Waals surface area contributed by atoms with Crippen molar-refractivity contribution in [3.8, 4) is 0 Å². The van der Waals surface area contributed by atoms with Crippen molar-refractivity contribution in [2.75, 3.05) is 0 Å². The first-order valence-corrected chi connectivity index (χ1v) is 12.4. The number of alkyl halides is 13. The summed E-state index contributed by atoms with van der Waals surface area (Å²) in [5, 5.41) is 0. The third-order valence-corrected chi connectivity index (χ3v) is 15.4. The van der Waals surface area contributed by atoms with Crippen LogP contribution in [0.2, 0.25) is 16.6 Å². The van der Waals surface area contributed by atoms with Crippen molar-refractivity contribution in [1.29, 1.82) is 0 Å². The van der Waals surface area contributed by atoms with Crippen molar-refractivity contribution >= 4 is 30.7 Å². The maximum absolute atomic E-state index is 14.3. The van der Waals surface area contributed by atoms with E-state index >= 15 is 0 Å². The van der Waals surface area contributed by atoms with Crippen LogP contribution in [0.1, 0.15) is 41.5 Å². The van der Waals surface area contributed by atoms with E-state index in [1.165, 1.54) is 22.6 Å². The Labute approximate surface area is 191 Å². The van der Waals surface area contributed by atoms with Gasteiger partial charge in [0.2, 0.25) is 0 Å². The largest absolute Gasteiger partial charge is 0.460 e. The molecule has 0 heterocycles. The quantitative estimate of drug-likeness (QED) is 0.136. The van der Waals surface area contributed by atoms with Crippen molar-refractivity contribution in [2.45, 2.75) is 94.0 Å². The third kappa shape index (κ3) is 4.53. The second kappa shape index (κ2) is 9.09. The van der Waals surface area contributed by atoms with E-state index in [4.69, 9.17) is 0 Å². The Morgan fingerprint density at radius 2 is 0.844 bits per heavy atom. The lowest BCUT2D eigenvalue weighted by molar-refractivity contribution is -0.436. The van der Waals surface area contributed by atoms with Crippen LogP contribution >= 0.6 is 22.6 Å². The highest BCUT2D eigenvalue weighted by Crippen LogP contribution is 2.61. The van der Waals surface area contributed by atoms with E-state index in [0.717, 1.165) is 0 Å². The number of hydrogen-bond donors (Lipinski definition) is 0. The molecular formula is C17H22F13ISi. The summed E-state index contributed by atoms with van der Waals surface area (Å²) in [6, 6.07) is 0. The molecule has 0 saturated heterocycles. The molecule has 0 aliphatic heterocycles. The predicted octanol–water partition coefficient (Wildman–Crippen LogP) is 9.26. The van der Waals surface area contributed by atoms with Crippen molar-refractivity contribution in [2.24, 2.45) is 0 Å². The van der Waals surface area contributed by atoms with Gasteiger partial charge in [0, 0.05) is 0 Å². The summed E-state index contributed by atoms with van der Waals surface area (Å²) in [6.45, 7) is 9.34. The number of allylic oxidation sites excluding steroid dienone is 1. The second-order valence-electron chi connectivity index (χ2n) is 8.31. The third-order valence-electron chi connectivity index (χ3n) is 5.55. The van der Waals surface area contributed by atoms with Gasteiger partial charge in [0.05, 0.1) is 0 Å². The Bertz CT molecular complexity index is 671. The molecule has 0 saturated carbocycles. The average molecular weight is 628 g/mol. The highest BCUT2D eigenvalue weighted by molar-refractivity contribution is 14.1. The van der Waals surface area contributed by atoms with Crippen LogP contribution in [0.4, 0.5) is 57.1 Å². The van der Waals surface area contributed by atoms with Crippen molar-refractivity contribution in [3.63, 3.8) is 0 Å². The number of hydrogen-bond acceptors (Lipinski definition) is 0. The van der Waals surface area contributed by atoms with Gasteiger partial charge in [-0.2, -0.15) is 57.1 Å². The van der Waals surface area contributed by atoms with E-state index in [0.29, 0.717) is 0 Å². The minimum absolute atomic E-state index is 0.438. The molecule has 0 rings (SSSR count).